The number of allylic oxidation sites excluding steroid dienone is 1. The van der Waals surface area contributed by atoms with Gasteiger partial charge in [0, 0.05) is 24.4 Å². The lowest BCUT2D eigenvalue weighted by Crippen LogP contribution is -2.46. The Kier molecular flexibility index (Phi) is 6.03. The molecule has 0 saturated heterocycles. The largest absolute Gasteiger partial charge is 0.462 e. The quantitative estimate of drug-likeness (QED) is 0.563. The number of nitrogens with zero attached hydrogens (tertiary/aromatic N) is 1. The Morgan fingerprint density at radius 1 is 1.29 bits per heavy atom. The van der Waals surface area contributed by atoms with Gasteiger partial charge in [0.05, 0.1) is 18.2 Å². The first-order valence-corrected chi connectivity index (χ1v) is 10.0. The summed E-state index contributed by atoms with van der Waals surface area (Å²) in [6.45, 7) is 6.24. The van der Waals surface area contributed by atoms with E-state index in [-0.39, 0.29) is 23.7 Å². The third-order valence-corrected chi connectivity index (χ3v) is 5.37. The minimum absolute atomic E-state index is 0.0695. The van der Waals surface area contributed by atoms with Crippen LogP contribution in [-0.2, 0) is 14.3 Å². The lowest BCUT2D eigenvalue weighted by Gasteiger charge is -2.35. The van der Waals surface area contributed by atoms with Crippen molar-refractivity contribution in [3.8, 4) is 0 Å². The molecular formula is C21H27N3O3S. The zero-order chi connectivity index (χ0) is 20.4. The lowest BCUT2D eigenvalue weighted by atomic mass is 9.95. The number of carbonyl (C=O) groups is 2. The van der Waals surface area contributed by atoms with Gasteiger partial charge in [0.1, 0.15) is 0 Å². The zero-order valence-electron chi connectivity index (χ0n) is 16.7. The van der Waals surface area contributed by atoms with E-state index in [1.807, 2.05) is 52.1 Å². The third kappa shape index (κ3) is 4.52. The average Bonchev–Trinajstić information content (AvgIpc) is 3.50. The predicted octanol–water partition coefficient (Wildman–Crippen LogP) is 3.37. The molecule has 1 heterocycles. The highest BCUT2D eigenvalue weighted by Gasteiger charge is 2.34. The van der Waals surface area contributed by atoms with Gasteiger partial charge in [-0.1, -0.05) is 26.0 Å². The van der Waals surface area contributed by atoms with Crippen LogP contribution < -0.4 is 10.6 Å². The van der Waals surface area contributed by atoms with Crippen molar-refractivity contribution in [2.24, 2.45) is 11.8 Å². The van der Waals surface area contributed by atoms with Crippen LogP contribution in [0.15, 0.2) is 35.5 Å². The standard InChI is InChI=1S/C21H27N3O3S/c1-12(2)11-27-20(26)17-13(3)24(4)21(28)23-18(17)14-7-9-16(10-8-14)22-19(25)15-5-6-15/h7-10,12,15,18H,5-6,11H2,1-4H3,(H,22,25)(H,23,28). The van der Waals surface area contributed by atoms with Crippen molar-refractivity contribution in [1.82, 2.24) is 10.2 Å². The number of carbonyl (C=O) groups excluding carboxylic acids is 2. The van der Waals surface area contributed by atoms with E-state index >= 15 is 0 Å². The molecule has 1 fully saturated rings. The van der Waals surface area contributed by atoms with Crippen LogP contribution in [0.4, 0.5) is 5.69 Å². The molecule has 1 aliphatic carbocycles. The minimum Gasteiger partial charge on any atom is -0.462 e. The van der Waals surface area contributed by atoms with E-state index in [4.69, 9.17) is 17.0 Å². The molecule has 1 aromatic rings. The van der Waals surface area contributed by atoms with E-state index in [0.717, 1.165) is 29.8 Å². The van der Waals surface area contributed by atoms with Gasteiger partial charge in [-0.2, -0.15) is 0 Å². The first-order valence-electron chi connectivity index (χ1n) is 9.61. The second-order valence-electron chi connectivity index (χ2n) is 7.82. The smallest absolute Gasteiger partial charge is 0.338 e. The summed E-state index contributed by atoms with van der Waals surface area (Å²) in [7, 11) is 1.83. The maximum Gasteiger partial charge on any atom is 0.338 e. The molecule has 0 radical (unpaired) electrons. The Morgan fingerprint density at radius 3 is 2.50 bits per heavy atom. The molecule has 1 unspecified atom stereocenters. The van der Waals surface area contributed by atoms with Gasteiger partial charge in [0.15, 0.2) is 5.11 Å². The first kappa shape index (κ1) is 20.3. The fourth-order valence-electron chi connectivity index (χ4n) is 3.02. The summed E-state index contributed by atoms with van der Waals surface area (Å²) in [5.41, 5.74) is 2.96. The molecule has 1 amide bonds. The topological polar surface area (TPSA) is 70.7 Å². The molecule has 1 aliphatic heterocycles. The first-order chi connectivity index (χ1) is 13.3. The molecule has 2 aliphatic rings. The molecule has 6 nitrogen and oxygen atoms in total. The van der Waals surface area contributed by atoms with Crippen molar-refractivity contribution in [2.75, 3.05) is 19.0 Å². The second kappa shape index (κ2) is 8.31. The summed E-state index contributed by atoms with van der Waals surface area (Å²) < 4.78 is 5.49. The normalized spacial score (nSPS) is 19.5. The molecule has 0 spiro atoms. The van der Waals surface area contributed by atoms with Gasteiger partial charge in [-0.25, -0.2) is 4.79 Å². The maximum absolute atomic E-state index is 12.8. The van der Waals surface area contributed by atoms with E-state index in [2.05, 4.69) is 10.6 Å². The summed E-state index contributed by atoms with van der Waals surface area (Å²) in [6, 6.07) is 7.11. The molecule has 28 heavy (non-hydrogen) atoms. The van der Waals surface area contributed by atoms with Crippen molar-refractivity contribution in [1.29, 1.82) is 0 Å². The number of hydrogen-bond donors (Lipinski definition) is 2. The molecule has 1 saturated carbocycles. The van der Waals surface area contributed by atoms with E-state index in [0.29, 0.717) is 17.3 Å². The highest BCUT2D eigenvalue weighted by Crippen LogP contribution is 2.33. The Bertz CT molecular complexity index is 813. The van der Waals surface area contributed by atoms with Crippen LogP contribution in [-0.4, -0.2) is 35.5 Å². The summed E-state index contributed by atoms with van der Waals surface area (Å²) in [6.07, 6.45) is 1.93. The molecule has 0 aromatic heterocycles. The Labute approximate surface area is 171 Å². The number of esters is 1. The van der Waals surface area contributed by atoms with Gasteiger partial charge < -0.3 is 20.3 Å². The molecule has 3 rings (SSSR count). The second-order valence-corrected chi connectivity index (χ2v) is 8.21. The van der Waals surface area contributed by atoms with Crippen LogP contribution in [0.1, 0.15) is 45.2 Å². The van der Waals surface area contributed by atoms with Gasteiger partial charge >= 0.3 is 5.97 Å². The number of anilines is 1. The molecule has 7 heteroatoms. The molecule has 1 aromatic carbocycles. The summed E-state index contributed by atoms with van der Waals surface area (Å²) in [4.78, 5) is 26.5. The van der Waals surface area contributed by atoms with Crippen LogP contribution in [0.3, 0.4) is 0 Å². The predicted molar refractivity (Wildman–Crippen MR) is 113 cm³/mol. The van der Waals surface area contributed by atoms with Crippen molar-refractivity contribution in [2.45, 2.75) is 39.7 Å². The highest BCUT2D eigenvalue weighted by atomic mass is 32.1. The highest BCUT2D eigenvalue weighted by molar-refractivity contribution is 7.80. The summed E-state index contributed by atoms with van der Waals surface area (Å²) in [5, 5.41) is 6.71. The van der Waals surface area contributed by atoms with Gasteiger partial charge in [0.2, 0.25) is 5.91 Å². The third-order valence-electron chi connectivity index (χ3n) is 4.98. The van der Waals surface area contributed by atoms with Crippen LogP contribution in [0, 0.1) is 11.8 Å². The fraction of sp³-hybridized carbons (Fsp3) is 0.476. The van der Waals surface area contributed by atoms with Crippen LogP contribution >= 0.6 is 12.2 Å². The molecule has 150 valence electrons. The van der Waals surface area contributed by atoms with Crippen molar-refractivity contribution in [3.05, 3.63) is 41.1 Å². The summed E-state index contributed by atoms with van der Waals surface area (Å²) in [5.74, 6) is 0.137. The average molecular weight is 402 g/mol. The number of rotatable bonds is 6. The number of ether oxygens (including phenoxy) is 1. The maximum atomic E-state index is 12.8. The zero-order valence-corrected chi connectivity index (χ0v) is 17.6. The molecule has 0 bridgehead atoms. The van der Waals surface area contributed by atoms with E-state index in [1.165, 1.54) is 0 Å². The SMILES string of the molecule is CC1=C(C(=O)OCC(C)C)C(c2ccc(NC(=O)C3CC3)cc2)NC(=S)N1C. The Morgan fingerprint density at radius 2 is 1.93 bits per heavy atom. The van der Waals surface area contributed by atoms with Crippen molar-refractivity contribution < 1.29 is 14.3 Å². The lowest BCUT2D eigenvalue weighted by molar-refractivity contribution is -0.140. The monoisotopic (exact) mass is 401 g/mol. The van der Waals surface area contributed by atoms with Crippen molar-refractivity contribution >= 4 is 34.9 Å². The molecule has 1 atom stereocenters. The number of amides is 1. The van der Waals surface area contributed by atoms with Gasteiger partial charge in [-0.15, -0.1) is 0 Å². The van der Waals surface area contributed by atoms with Gasteiger partial charge in [-0.3, -0.25) is 4.79 Å². The van der Waals surface area contributed by atoms with E-state index in [1.54, 1.807) is 4.90 Å². The van der Waals surface area contributed by atoms with Gasteiger partial charge in [0.25, 0.3) is 0 Å². The van der Waals surface area contributed by atoms with Crippen LogP contribution in [0.5, 0.6) is 0 Å². The van der Waals surface area contributed by atoms with Crippen LogP contribution in [0.2, 0.25) is 0 Å². The fourth-order valence-corrected chi connectivity index (χ4v) is 3.27. The summed E-state index contributed by atoms with van der Waals surface area (Å²) >= 11 is 5.42. The number of thiocarbonyl (C=S) groups is 1. The Hall–Kier alpha value is -2.41. The van der Waals surface area contributed by atoms with E-state index in [9.17, 15) is 9.59 Å². The van der Waals surface area contributed by atoms with Crippen molar-refractivity contribution in [3.63, 3.8) is 0 Å². The van der Waals surface area contributed by atoms with Crippen LogP contribution in [0.25, 0.3) is 0 Å². The number of hydrogen-bond acceptors (Lipinski definition) is 4. The number of benzene rings is 1. The van der Waals surface area contributed by atoms with E-state index < -0.39 is 6.04 Å². The van der Waals surface area contributed by atoms with Gasteiger partial charge in [-0.05, 0) is 55.6 Å². The Balaban J connectivity index is 1.83. The molecule has 2 N–H and O–H groups in total. The number of nitrogens with one attached hydrogen (secondary N) is 2. The molecular weight excluding hydrogens is 374 g/mol. The minimum atomic E-state index is -0.392.